The minimum atomic E-state index is -4.34. The first-order valence-electron chi connectivity index (χ1n) is 10.9. The van der Waals surface area contributed by atoms with Crippen molar-refractivity contribution in [3.63, 3.8) is 0 Å². The van der Waals surface area contributed by atoms with Gasteiger partial charge in [-0.25, -0.2) is 22.2 Å². The zero-order valence-electron chi connectivity index (χ0n) is 19.1. The van der Waals surface area contributed by atoms with Crippen LogP contribution in [0.5, 0.6) is 0 Å². The van der Waals surface area contributed by atoms with Crippen molar-refractivity contribution in [3.8, 4) is 0 Å². The van der Waals surface area contributed by atoms with Gasteiger partial charge in [-0.1, -0.05) is 6.42 Å². The quantitative estimate of drug-likeness (QED) is 0.407. The van der Waals surface area contributed by atoms with Gasteiger partial charge in [-0.2, -0.15) is 4.37 Å². The fraction of sp³-hybridized carbons (Fsp3) is 0.619. The number of halogens is 2. The molecular weight excluding hydrogens is 470 g/mol. The molecule has 1 aromatic carbocycles. The molecule has 33 heavy (non-hydrogen) atoms. The Morgan fingerprint density at radius 3 is 2.55 bits per heavy atom. The fourth-order valence-electron chi connectivity index (χ4n) is 4.19. The van der Waals surface area contributed by atoms with Crippen molar-refractivity contribution < 1.29 is 17.2 Å². The van der Waals surface area contributed by atoms with Crippen LogP contribution in [0, 0.1) is 23.0 Å². The Bertz CT molecular complexity index is 1030. The van der Waals surface area contributed by atoms with E-state index in [9.17, 15) is 17.2 Å². The zero-order chi connectivity index (χ0) is 24.2. The molecular formula is C21H32F2N6O2S2. The molecule has 1 saturated carbocycles. The molecule has 8 nitrogen and oxygen atoms in total. The van der Waals surface area contributed by atoms with E-state index < -0.39 is 26.6 Å². The van der Waals surface area contributed by atoms with Gasteiger partial charge in [0.15, 0.2) is 0 Å². The second kappa shape index (κ2) is 10.6. The third kappa shape index (κ3) is 6.58. The Morgan fingerprint density at radius 2 is 2.00 bits per heavy atom. The lowest BCUT2D eigenvalue weighted by Gasteiger charge is -2.46. The van der Waals surface area contributed by atoms with Gasteiger partial charge < -0.3 is 16.0 Å². The van der Waals surface area contributed by atoms with Crippen LogP contribution >= 0.6 is 11.5 Å². The van der Waals surface area contributed by atoms with Crippen LogP contribution in [0.15, 0.2) is 23.4 Å². The lowest BCUT2D eigenvalue weighted by atomic mass is 9.61. The van der Waals surface area contributed by atoms with Crippen molar-refractivity contribution in [1.82, 2.24) is 14.3 Å². The minimum Gasteiger partial charge on any atom is -0.382 e. The maximum absolute atomic E-state index is 14.7. The molecule has 1 aliphatic rings. The molecule has 2 aromatic rings. The van der Waals surface area contributed by atoms with Crippen LogP contribution in [-0.2, 0) is 10.0 Å². The van der Waals surface area contributed by atoms with Crippen LogP contribution in [0.4, 0.5) is 19.6 Å². The third-order valence-electron chi connectivity index (χ3n) is 6.39. The number of nitrogens with zero attached hydrogens (tertiary/aromatic N) is 3. The molecule has 12 heteroatoms. The van der Waals surface area contributed by atoms with Crippen LogP contribution < -0.4 is 15.8 Å². The van der Waals surface area contributed by atoms with E-state index in [1.165, 1.54) is 6.42 Å². The first-order valence-corrected chi connectivity index (χ1v) is 13.2. The van der Waals surface area contributed by atoms with E-state index in [2.05, 4.69) is 38.4 Å². The molecule has 0 unspecified atom stereocenters. The van der Waals surface area contributed by atoms with Crippen LogP contribution in [0.3, 0.4) is 0 Å². The Kier molecular flexibility index (Phi) is 8.25. The van der Waals surface area contributed by atoms with E-state index in [-0.39, 0.29) is 28.2 Å². The van der Waals surface area contributed by atoms with E-state index in [0.29, 0.717) is 12.6 Å². The van der Waals surface area contributed by atoms with Gasteiger partial charge in [-0.3, -0.25) is 4.72 Å². The Hall–Kier alpha value is -1.89. The van der Waals surface area contributed by atoms with Gasteiger partial charge in [-0.15, -0.1) is 0 Å². The molecule has 184 valence electrons. The maximum Gasteiger partial charge on any atom is 0.266 e. The molecule has 0 amide bonds. The van der Waals surface area contributed by atoms with E-state index in [1.807, 2.05) is 6.92 Å². The summed E-state index contributed by atoms with van der Waals surface area (Å²) in [5, 5.41) is 2.92. The summed E-state index contributed by atoms with van der Waals surface area (Å²) in [5.74, 6) is -1.85. The average molecular weight is 503 g/mol. The van der Waals surface area contributed by atoms with Crippen molar-refractivity contribution in [3.05, 3.63) is 30.1 Å². The normalized spacial score (nSPS) is 17.4. The SMILES string of the molecule is C[C@@H](N)[C@H](CNc1cc(F)c(S(=O)(=O)Nc2ncns2)cc1F)CC1(CCN(C)C)CCC1. The van der Waals surface area contributed by atoms with Crippen molar-refractivity contribution in [1.29, 1.82) is 0 Å². The van der Waals surface area contributed by atoms with Crippen molar-refractivity contribution in [2.75, 3.05) is 37.2 Å². The molecule has 4 N–H and O–H groups in total. The van der Waals surface area contributed by atoms with Gasteiger partial charge in [0.2, 0.25) is 5.13 Å². The van der Waals surface area contributed by atoms with E-state index in [0.717, 1.165) is 56.2 Å². The largest absolute Gasteiger partial charge is 0.382 e. The summed E-state index contributed by atoms with van der Waals surface area (Å²) in [6.07, 6.45) is 6.67. The first-order chi connectivity index (χ1) is 15.5. The summed E-state index contributed by atoms with van der Waals surface area (Å²) in [5.41, 5.74) is 6.39. The third-order valence-corrected chi connectivity index (χ3v) is 8.45. The molecule has 3 rings (SSSR count). The lowest BCUT2D eigenvalue weighted by molar-refractivity contribution is 0.0693. The molecule has 1 aromatic heterocycles. The maximum atomic E-state index is 14.7. The van der Waals surface area contributed by atoms with Crippen molar-refractivity contribution >= 4 is 32.4 Å². The summed E-state index contributed by atoms with van der Waals surface area (Å²) in [6.45, 7) is 3.29. The number of hydrogen-bond donors (Lipinski definition) is 3. The molecule has 1 aliphatic carbocycles. The van der Waals surface area contributed by atoms with Gasteiger partial charge in [0.05, 0.1) is 5.69 Å². The Labute approximate surface area is 198 Å². The van der Waals surface area contributed by atoms with Crippen molar-refractivity contribution in [2.24, 2.45) is 17.1 Å². The molecule has 0 bridgehead atoms. The summed E-state index contributed by atoms with van der Waals surface area (Å²) in [6, 6.07) is 1.41. The number of benzene rings is 1. The van der Waals surface area contributed by atoms with Crippen LogP contribution in [0.2, 0.25) is 0 Å². The van der Waals surface area contributed by atoms with Crippen molar-refractivity contribution in [2.45, 2.75) is 50.0 Å². The Morgan fingerprint density at radius 1 is 1.27 bits per heavy atom. The number of sulfonamides is 1. The predicted octanol–water partition coefficient (Wildman–Crippen LogP) is 3.50. The molecule has 1 fully saturated rings. The smallest absolute Gasteiger partial charge is 0.266 e. The first kappa shape index (κ1) is 25.7. The topological polar surface area (TPSA) is 113 Å². The van der Waals surface area contributed by atoms with E-state index in [4.69, 9.17) is 5.73 Å². The second-order valence-electron chi connectivity index (χ2n) is 9.23. The zero-order valence-corrected chi connectivity index (χ0v) is 20.8. The van der Waals surface area contributed by atoms with Gasteiger partial charge in [0.25, 0.3) is 10.0 Å². The number of hydrogen-bond acceptors (Lipinski definition) is 8. The molecule has 0 aliphatic heterocycles. The minimum absolute atomic E-state index is 0.0315. The highest BCUT2D eigenvalue weighted by molar-refractivity contribution is 7.93. The number of anilines is 2. The highest BCUT2D eigenvalue weighted by atomic mass is 32.2. The highest BCUT2D eigenvalue weighted by Gasteiger charge is 2.39. The molecule has 0 saturated heterocycles. The van der Waals surface area contributed by atoms with Crippen LogP contribution in [-0.4, -0.2) is 55.9 Å². The van der Waals surface area contributed by atoms with E-state index in [1.54, 1.807) is 0 Å². The van der Waals surface area contributed by atoms with E-state index >= 15 is 0 Å². The highest BCUT2D eigenvalue weighted by Crippen LogP contribution is 2.49. The van der Waals surface area contributed by atoms with Gasteiger partial charge in [-0.05, 0) is 70.6 Å². The van der Waals surface area contributed by atoms with Gasteiger partial charge >= 0.3 is 0 Å². The lowest BCUT2D eigenvalue weighted by Crippen LogP contribution is -2.41. The number of nitrogens with one attached hydrogen (secondary N) is 2. The van der Waals surface area contributed by atoms with Crippen LogP contribution in [0.25, 0.3) is 0 Å². The summed E-state index contributed by atoms with van der Waals surface area (Å²) < 4.78 is 60.0. The number of rotatable bonds is 12. The molecule has 0 spiro atoms. The Balaban J connectivity index is 1.70. The average Bonchev–Trinajstić information content (AvgIpc) is 3.20. The predicted molar refractivity (Wildman–Crippen MR) is 127 cm³/mol. The second-order valence-corrected chi connectivity index (χ2v) is 11.7. The van der Waals surface area contributed by atoms with Gasteiger partial charge in [0, 0.05) is 30.2 Å². The fourth-order valence-corrected chi connectivity index (χ4v) is 5.93. The summed E-state index contributed by atoms with van der Waals surface area (Å²) in [4.78, 5) is 5.08. The standard InChI is InChI=1S/C21H32F2N6O2S2/c1-14(24)15(11-21(5-4-6-21)7-8-29(2)3)12-25-18-9-17(23)19(10-16(18)22)33(30,31)28-20-26-13-27-32-20/h9-10,13-15,25H,4-8,11-12,24H2,1-3H3,(H,26,27,28)/t14-,15+/m1/s1. The molecule has 1 heterocycles. The van der Waals surface area contributed by atoms with Gasteiger partial charge in [0.1, 0.15) is 22.9 Å². The molecule has 0 radical (unpaired) electrons. The monoisotopic (exact) mass is 502 g/mol. The summed E-state index contributed by atoms with van der Waals surface area (Å²) >= 11 is 0.793. The van der Waals surface area contributed by atoms with Crippen LogP contribution in [0.1, 0.15) is 39.0 Å². The molecule has 2 atom stereocenters. The number of aromatic nitrogens is 2. The summed E-state index contributed by atoms with van der Waals surface area (Å²) in [7, 11) is -0.226. The number of nitrogens with two attached hydrogens (primary N) is 1.